The Kier molecular flexibility index (Phi) is 4.52. The van der Waals surface area contributed by atoms with E-state index in [-0.39, 0.29) is 0 Å². The number of anilines is 1. The highest BCUT2D eigenvalue weighted by Gasteiger charge is 2.27. The molecule has 5 nitrogen and oxygen atoms in total. The van der Waals surface area contributed by atoms with Gasteiger partial charge in [-0.3, -0.25) is 10.1 Å². The fourth-order valence-corrected chi connectivity index (χ4v) is 3.84. The van der Waals surface area contributed by atoms with Gasteiger partial charge in [0.05, 0.1) is 23.5 Å². The highest BCUT2D eigenvalue weighted by molar-refractivity contribution is 5.90. The average molecular weight is 385 g/mol. The highest BCUT2D eigenvalue weighted by atomic mass is 19.1. The summed E-state index contributed by atoms with van der Waals surface area (Å²) in [6, 6.07) is 18.0. The van der Waals surface area contributed by atoms with Gasteiger partial charge in [-0.15, -0.1) is 0 Å². The number of nitrogens with zero attached hydrogens (tertiary/aromatic N) is 4. The van der Waals surface area contributed by atoms with Crippen molar-refractivity contribution in [2.75, 3.05) is 18.0 Å². The van der Waals surface area contributed by atoms with Crippen LogP contribution in [0.1, 0.15) is 6.42 Å². The number of nitrogens with one attached hydrogen (secondary N) is 1. The van der Waals surface area contributed by atoms with Crippen LogP contribution in [0.4, 0.5) is 10.2 Å². The van der Waals surface area contributed by atoms with E-state index >= 15 is 0 Å². The minimum atomic E-state index is -0.822. The molecule has 0 radical (unpaired) electrons. The molecule has 0 aliphatic carbocycles. The minimum Gasteiger partial charge on any atom is -0.353 e. The van der Waals surface area contributed by atoms with Crippen molar-refractivity contribution in [3.05, 3.63) is 73.2 Å². The van der Waals surface area contributed by atoms with Crippen molar-refractivity contribution in [3.8, 4) is 33.6 Å². The summed E-state index contributed by atoms with van der Waals surface area (Å²) in [5.74, 6) is 0.785. The fourth-order valence-electron chi connectivity index (χ4n) is 3.84. The molecule has 1 saturated heterocycles. The van der Waals surface area contributed by atoms with Crippen molar-refractivity contribution < 1.29 is 4.39 Å². The van der Waals surface area contributed by atoms with Crippen LogP contribution in [-0.2, 0) is 0 Å². The first-order valence-electron chi connectivity index (χ1n) is 9.69. The Labute approximate surface area is 168 Å². The summed E-state index contributed by atoms with van der Waals surface area (Å²) < 4.78 is 13.9. The summed E-state index contributed by atoms with van der Waals surface area (Å²) >= 11 is 0. The Morgan fingerprint density at radius 1 is 1.00 bits per heavy atom. The van der Waals surface area contributed by atoms with Crippen LogP contribution < -0.4 is 4.90 Å². The molecule has 0 saturated carbocycles. The van der Waals surface area contributed by atoms with Crippen LogP contribution in [-0.4, -0.2) is 39.4 Å². The second-order valence-corrected chi connectivity index (χ2v) is 7.16. The van der Waals surface area contributed by atoms with Gasteiger partial charge in [0, 0.05) is 30.7 Å². The van der Waals surface area contributed by atoms with Gasteiger partial charge in [0.15, 0.2) is 0 Å². The van der Waals surface area contributed by atoms with Crippen molar-refractivity contribution in [2.24, 2.45) is 0 Å². The Hall–Kier alpha value is -3.54. The predicted octanol–water partition coefficient (Wildman–Crippen LogP) is 4.75. The molecule has 1 unspecified atom stereocenters. The van der Waals surface area contributed by atoms with Crippen LogP contribution >= 0.6 is 0 Å². The van der Waals surface area contributed by atoms with Crippen molar-refractivity contribution >= 4 is 5.82 Å². The molecular formula is C23H20FN5. The van der Waals surface area contributed by atoms with Gasteiger partial charge in [-0.25, -0.2) is 9.37 Å². The van der Waals surface area contributed by atoms with Gasteiger partial charge in [-0.1, -0.05) is 30.3 Å². The van der Waals surface area contributed by atoms with Gasteiger partial charge in [0.2, 0.25) is 0 Å². The molecule has 0 spiro atoms. The number of hydrogen-bond acceptors (Lipinski definition) is 4. The highest BCUT2D eigenvalue weighted by Crippen LogP contribution is 2.39. The maximum atomic E-state index is 13.9. The van der Waals surface area contributed by atoms with Crippen LogP contribution in [0.3, 0.4) is 0 Å². The van der Waals surface area contributed by atoms with E-state index in [0.29, 0.717) is 19.5 Å². The number of alkyl halides is 1. The van der Waals surface area contributed by atoms with Gasteiger partial charge >= 0.3 is 0 Å². The van der Waals surface area contributed by atoms with Crippen molar-refractivity contribution in [1.29, 1.82) is 0 Å². The fraction of sp³-hybridized carbons (Fsp3) is 0.174. The lowest BCUT2D eigenvalue weighted by Crippen LogP contribution is -2.22. The molecule has 6 heteroatoms. The molecule has 1 aliphatic rings. The largest absolute Gasteiger partial charge is 0.353 e. The molecule has 1 atom stereocenters. The van der Waals surface area contributed by atoms with Crippen molar-refractivity contribution in [1.82, 2.24) is 20.2 Å². The molecule has 144 valence electrons. The second-order valence-electron chi connectivity index (χ2n) is 7.16. The summed E-state index contributed by atoms with van der Waals surface area (Å²) in [5.41, 5.74) is 5.67. The molecule has 1 aliphatic heterocycles. The molecule has 4 aromatic rings. The number of aromatic nitrogens is 4. The molecule has 5 rings (SSSR count). The van der Waals surface area contributed by atoms with Gasteiger partial charge < -0.3 is 4.90 Å². The third kappa shape index (κ3) is 3.38. The topological polar surface area (TPSA) is 57.7 Å². The van der Waals surface area contributed by atoms with E-state index in [1.165, 1.54) is 0 Å². The molecule has 3 aromatic heterocycles. The summed E-state index contributed by atoms with van der Waals surface area (Å²) in [6.45, 7) is 1.02. The Morgan fingerprint density at radius 2 is 1.86 bits per heavy atom. The van der Waals surface area contributed by atoms with E-state index in [1.54, 1.807) is 18.6 Å². The smallest absolute Gasteiger partial charge is 0.138 e. The zero-order chi connectivity index (χ0) is 19.6. The van der Waals surface area contributed by atoms with Crippen molar-refractivity contribution in [2.45, 2.75) is 12.6 Å². The van der Waals surface area contributed by atoms with Crippen LogP contribution in [0.25, 0.3) is 33.6 Å². The average Bonchev–Trinajstić information content (AvgIpc) is 3.44. The van der Waals surface area contributed by atoms with E-state index in [1.807, 2.05) is 47.4 Å². The molecule has 0 amide bonds. The van der Waals surface area contributed by atoms with Crippen LogP contribution in [0.15, 0.2) is 73.2 Å². The number of pyridine rings is 2. The second kappa shape index (κ2) is 7.47. The Bertz CT molecular complexity index is 1110. The van der Waals surface area contributed by atoms with Gasteiger partial charge in [-0.2, -0.15) is 5.10 Å². The summed E-state index contributed by atoms with van der Waals surface area (Å²) in [4.78, 5) is 10.8. The van der Waals surface area contributed by atoms with Gasteiger partial charge in [0.1, 0.15) is 12.0 Å². The van der Waals surface area contributed by atoms with Gasteiger partial charge in [-0.05, 0) is 41.8 Å². The standard InChI is InChI=1S/C23H20FN5/c24-18-9-12-29(15-18)23-22(19(8-11-26-23)16-5-2-1-3-6-16)21-13-20(27-28-21)17-7-4-10-25-14-17/h1-8,10-11,13-14,18H,9,12,15H2,(H,27,28). The number of rotatable bonds is 4. The maximum Gasteiger partial charge on any atom is 0.138 e. The van der Waals surface area contributed by atoms with Crippen molar-refractivity contribution in [3.63, 3.8) is 0 Å². The molecule has 1 fully saturated rings. The number of aromatic amines is 1. The van der Waals surface area contributed by atoms with E-state index in [9.17, 15) is 4.39 Å². The Morgan fingerprint density at radius 3 is 2.62 bits per heavy atom. The molecule has 4 heterocycles. The minimum absolute atomic E-state index is 0.363. The van der Waals surface area contributed by atoms with E-state index in [4.69, 9.17) is 0 Å². The molecule has 1 N–H and O–H groups in total. The zero-order valence-corrected chi connectivity index (χ0v) is 15.8. The predicted molar refractivity (Wildman–Crippen MR) is 112 cm³/mol. The summed E-state index contributed by atoms with van der Waals surface area (Å²) in [5, 5.41) is 7.66. The van der Waals surface area contributed by atoms with E-state index < -0.39 is 6.17 Å². The molecule has 29 heavy (non-hydrogen) atoms. The zero-order valence-electron chi connectivity index (χ0n) is 15.8. The van der Waals surface area contributed by atoms with Gasteiger partial charge in [0.25, 0.3) is 0 Å². The number of H-pyrrole nitrogens is 1. The first kappa shape index (κ1) is 17.6. The van der Waals surface area contributed by atoms with Crippen LogP contribution in [0.2, 0.25) is 0 Å². The lowest BCUT2D eigenvalue weighted by atomic mass is 9.98. The lowest BCUT2D eigenvalue weighted by molar-refractivity contribution is 0.364. The first-order valence-corrected chi connectivity index (χ1v) is 9.69. The normalized spacial score (nSPS) is 16.3. The lowest BCUT2D eigenvalue weighted by Gasteiger charge is -2.21. The molecule has 1 aromatic carbocycles. The SMILES string of the molecule is FC1CCN(c2nccc(-c3ccccc3)c2-c2cc(-c3cccnc3)n[nH]2)C1. The van der Waals surface area contributed by atoms with E-state index in [0.717, 1.165) is 39.5 Å². The maximum absolute atomic E-state index is 13.9. The third-order valence-corrected chi connectivity index (χ3v) is 5.25. The molecule has 0 bridgehead atoms. The summed E-state index contributed by atoms with van der Waals surface area (Å²) in [6.07, 6.45) is 5.03. The Balaban J connectivity index is 1.67. The number of hydrogen-bond donors (Lipinski definition) is 1. The van der Waals surface area contributed by atoms with E-state index in [2.05, 4.69) is 32.3 Å². The summed E-state index contributed by atoms with van der Waals surface area (Å²) in [7, 11) is 0. The number of benzene rings is 1. The molecular weight excluding hydrogens is 365 g/mol. The van der Waals surface area contributed by atoms with Crippen LogP contribution in [0.5, 0.6) is 0 Å². The quantitative estimate of drug-likeness (QED) is 0.551. The van der Waals surface area contributed by atoms with Crippen LogP contribution in [0, 0.1) is 0 Å². The number of halogens is 1. The first-order chi connectivity index (χ1) is 14.3. The third-order valence-electron chi connectivity index (χ3n) is 5.25. The monoisotopic (exact) mass is 385 g/mol.